The second-order valence-electron chi connectivity index (χ2n) is 8.26. The van der Waals surface area contributed by atoms with Crippen LogP contribution in [0.1, 0.15) is 58.2 Å². The highest BCUT2D eigenvalue weighted by molar-refractivity contribution is 5.98. The van der Waals surface area contributed by atoms with E-state index in [1.54, 1.807) is 0 Å². The van der Waals surface area contributed by atoms with Gasteiger partial charge < -0.3 is 14.6 Å². The number of carbonyl (C=O) groups is 1. The number of benzene rings is 1. The maximum atomic E-state index is 12.1. The van der Waals surface area contributed by atoms with E-state index in [0.29, 0.717) is 5.56 Å². The van der Waals surface area contributed by atoms with Gasteiger partial charge in [-0.05, 0) is 34.6 Å². The number of nitrogens with zero attached hydrogens (tertiary/aromatic N) is 1. The summed E-state index contributed by atoms with van der Waals surface area (Å²) in [5, 5.41) is 20.1. The Kier molecular flexibility index (Phi) is 7.00. The van der Waals surface area contributed by atoms with Gasteiger partial charge in [-0.3, -0.25) is 0 Å². The van der Waals surface area contributed by atoms with Crippen molar-refractivity contribution in [3.8, 4) is 11.8 Å². The van der Waals surface area contributed by atoms with E-state index >= 15 is 0 Å². The Balaban J connectivity index is 3.43. The minimum Gasteiger partial charge on any atom is -0.507 e. The standard InChI is InChI=1S/C21H29NO4/c1-20(2,3)16-11-14(12-17(18(16)23)21(4,5)6)10-15(13-22)19(24)26-9-8-25-7/h10-12,23H,8-9H2,1-7H3/b15-10+. The fraction of sp³-hybridized carbons (Fsp3) is 0.524. The predicted molar refractivity (Wildman–Crippen MR) is 102 cm³/mol. The van der Waals surface area contributed by atoms with Gasteiger partial charge >= 0.3 is 5.97 Å². The Morgan fingerprint density at radius 2 is 1.62 bits per heavy atom. The molecule has 0 aliphatic rings. The maximum absolute atomic E-state index is 12.1. The molecule has 1 rings (SSSR count). The number of phenols is 1. The lowest BCUT2D eigenvalue weighted by Gasteiger charge is -2.27. The van der Waals surface area contributed by atoms with Crippen molar-refractivity contribution in [1.82, 2.24) is 0 Å². The number of phenolic OH excluding ortho intramolecular Hbond substituents is 1. The molecule has 0 radical (unpaired) electrons. The molecule has 1 aromatic rings. The summed E-state index contributed by atoms with van der Waals surface area (Å²) in [6, 6.07) is 5.51. The smallest absolute Gasteiger partial charge is 0.348 e. The van der Waals surface area contributed by atoms with Crippen molar-refractivity contribution < 1.29 is 19.4 Å². The number of hydrogen-bond donors (Lipinski definition) is 1. The Morgan fingerprint density at radius 3 is 2.00 bits per heavy atom. The average molecular weight is 359 g/mol. The van der Waals surface area contributed by atoms with Gasteiger partial charge in [0.2, 0.25) is 0 Å². The van der Waals surface area contributed by atoms with Crippen LogP contribution in [0.4, 0.5) is 0 Å². The van der Waals surface area contributed by atoms with E-state index in [-0.39, 0.29) is 35.4 Å². The maximum Gasteiger partial charge on any atom is 0.348 e. The number of hydrogen-bond acceptors (Lipinski definition) is 5. The molecule has 0 saturated heterocycles. The minimum atomic E-state index is -0.688. The molecular formula is C21H29NO4. The minimum absolute atomic E-state index is 0.0877. The van der Waals surface area contributed by atoms with Gasteiger partial charge in [0.05, 0.1) is 6.61 Å². The third-order valence-corrected chi connectivity index (χ3v) is 3.92. The summed E-state index contributed by atoms with van der Waals surface area (Å²) in [5.74, 6) is -0.435. The van der Waals surface area contributed by atoms with Crippen LogP contribution in [0.3, 0.4) is 0 Å². The largest absolute Gasteiger partial charge is 0.507 e. The molecule has 0 atom stereocenters. The molecule has 0 heterocycles. The van der Waals surface area contributed by atoms with Crippen LogP contribution in [0.5, 0.6) is 5.75 Å². The lowest BCUT2D eigenvalue weighted by Crippen LogP contribution is -2.17. The normalized spacial score (nSPS) is 12.6. The van der Waals surface area contributed by atoms with Gasteiger partial charge in [-0.1, -0.05) is 41.5 Å². The molecule has 0 aromatic heterocycles. The summed E-state index contributed by atoms with van der Waals surface area (Å²) in [6.45, 7) is 12.4. The summed E-state index contributed by atoms with van der Waals surface area (Å²) >= 11 is 0. The lowest BCUT2D eigenvalue weighted by molar-refractivity contribution is -0.139. The Morgan fingerprint density at radius 1 is 1.12 bits per heavy atom. The molecule has 0 fully saturated rings. The zero-order chi connectivity index (χ0) is 20.1. The van der Waals surface area contributed by atoms with Gasteiger partial charge in [-0.2, -0.15) is 5.26 Å². The molecular weight excluding hydrogens is 330 g/mol. The zero-order valence-electron chi connectivity index (χ0n) is 16.8. The van der Waals surface area contributed by atoms with Gasteiger partial charge in [-0.15, -0.1) is 0 Å². The summed E-state index contributed by atoms with van der Waals surface area (Å²) in [4.78, 5) is 12.1. The van der Waals surface area contributed by atoms with E-state index in [1.165, 1.54) is 13.2 Å². The molecule has 0 spiro atoms. The van der Waals surface area contributed by atoms with Crippen molar-refractivity contribution in [2.75, 3.05) is 20.3 Å². The number of nitriles is 1. The van der Waals surface area contributed by atoms with Crippen LogP contribution in [-0.4, -0.2) is 31.4 Å². The lowest BCUT2D eigenvalue weighted by atomic mass is 9.78. The van der Waals surface area contributed by atoms with E-state index in [9.17, 15) is 15.2 Å². The first kappa shape index (κ1) is 21.7. The van der Waals surface area contributed by atoms with Crippen LogP contribution >= 0.6 is 0 Å². The van der Waals surface area contributed by atoms with Crippen molar-refractivity contribution in [3.05, 3.63) is 34.4 Å². The van der Waals surface area contributed by atoms with Crippen LogP contribution in [0.15, 0.2) is 17.7 Å². The second-order valence-corrected chi connectivity index (χ2v) is 8.26. The topological polar surface area (TPSA) is 79.5 Å². The Bertz CT molecular complexity index is 693. The van der Waals surface area contributed by atoms with E-state index in [4.69, 9.17) is 9.47 Å². The molecule has 0 saturated carbocycles. The van der Waals surface area contributed by atoms with Crippen LogP contribution in [-0.2, 0) is 25.1 Å². The van der Waals surface area contributed by atoms with E-state index < -0.39 is 5.97 Å². The van der Waals surface area contributed by atoms with Crippen molar-refractivity contribution in [2.24, 2.45) is 0 Å². The molecule has 1 N–H and O–H groups in total. The van der Waals surface area contributed by atoms with Gasteiger partial charge in [0.1, 0.15) is 24.0 Å². The number of ether oxygens (including phenoxy) is 2. The summed E-state index contributed by atoms with van der Waals surface area (Å²) in [6.07, 6.45) is 1.50. The molecule has 142 valence electrons. The Labute approximate surface area is 156 Å². The fourth-order valence-corrected chi connectivity index (χ4v) is 2.48. The van der Waals surface area contributed by atoms with Crippen molar-refractivity contribution in [3.63, 3.8) is 0 Å². The van der Waals surface area contributed by atoms with Gasteiger partial charge in [0.15, 0.2) is 0 Å². The Hall–Kier alpha value is -2.32. The molecule has 1 aromatic carbocycles. The fourth-order valence-electron chi connectivity index (χ4n) is 2.48. The number of methoxy groups -OCH3 is 1. The molecule has 0 aliphatic carbocycles. The molecule has 5 heteroatoms. The summed E-state index contributed by atoms with van der Waals surface area (Å²) < 4.78 is 9.86. The monoisotopic (exact) mass is 359 g/mol. The number of aromatic hydroxyl groups is 1. The number of esters is 1. The van der Waals surface area contributed by atoms with Crippen LogP contribution in [0, 0.1) is 11.3 Å². The van der Waals surface area contributed by atoms with Crippen LogP contribution in [0.2, 0.25) is 0 Å². The van der Waals surface area contributed by atoms with Crippen molar-refractivity contribution >= 4 is 12.0 Å². The van der Waals surface area contributed by atoms with Crippen molar-refractivity contribution in [2.45, 2.75) is 52.4 Å². The third-order valence-electron chi connectivity index (χ3n) is 3.92. The van der Waals surface area contributed by atoms with Crippen molar-refractivity contribution in [1.29, 1.82) is 5.26 Å². The molecule has 0 unspecified atom stereocenters. The molecule has 5 nitrogen and oxygen atoms in total. The van der Waals surface area contributed by atoms with Gasteiger partial charge in [-0.25, -0.2) is 4.79 Å². The predicted octanol–water partition coefficient (Wildman–Crippen LogP) is 4.08. The molecule has 0 aliphatic heterocycles. The van der Waals surface area contributed by atoms with Crippen LogP contribution < -0.4 is 0 Å². The quantitative estimate of drug-likeness (QED) is 0.371. The molecule has 0 amide bonds. The van der Waals surface area contributed by atoms with E-state index in [1.807, 2.05) is 59.7 Å². The third kappa shape index (κ3) is 5.60. The highest BCUT2D eigenvalue weighted by Gasteiger charge is 2.26. The highest BCUT2D eigenvalue weighted by atomic mass is 16.6. The average Bonchev–Trinajstić information content (AvgIpc) is 2.51. The summed E-state index contributed by atoms with van der Waals surface area (Å²) in [5.41, 5.74) is 1.53. The number of carbonyl (C=O) groups excluding carboxylic acids is 1. The highest BCUT2D eigenvalue weighted by Crippen LogP contribution is 2.40. The first-order valence-corrected chi connectivity index (χ1v) is 8.57. The molecule has 26 heavy (non-hydrogen) atoms. The van der Waals surface area contributed by atoms with Gasteiger partial charge in [0.25, 0.3) is 0 Å². The van der Waals surface area contributed by atoms with Gasteiger partial charge in [0, 0.05) is 18.2 Å². The van der Waals surface area contributed by atoms with E-state index in [2.05, 4.69) is 0 Å². The van der Waals surface area contributed by atoms with E-state index in [0.717, 1.165) is 11.1 Å². The summed E-state index contributed by atoms with van der Waals surface area (Å²) in [7, 11) is 1.51. The SMILES string of the molecule is COCCOC(=O)/C(C#N)=C/c1cc(C(C)(C)C)c(O)c(C(C)(C)C)c1. The number of rotatable bonds is 5. The first-order chi connectivity index (χ1) is 11.9. The molecule has 0 bridgehead atoms. The first-order valence-electron chi connectivity index (χ1n) is 8.57. The second kappa shape index (κ2) is 8.37. The zero-order valence-corrected chi connectivity index (χ0v) is 16.8. The van der Waals surface area contributed by atoms with Crippen LogP contribution in [0.25, 0.3) is 6.08 Å².